The molecular weight excluding hydrogens is 318 g/mol. The number of hydrogen-bond donors (Lipinski definition) is 2. The molecule has 0 aliphatic rings. The van der Waals surface area contributed by atoms with Crippen molar-refractivity contribution in [2.75, 3.05) is 0 Å². The molecule has 2 N–H and O–H groups in total. The molecule has 1 atom stereocenters. The van der Waals surface area contributed by atoms with Gasteiger partial charge in [0.2, 0.25) is 0 Å². The van der Waals surface area contributed by atoms with E-state index < -0.39 is 18.1 Å². The van der Waals surface area contributed by atoms with Crippen molar-refractivity contribution >= 4 is 12.1 Å². The smallest absolute Gasteiger partial charge is 0.408 e. The van der Waals surface area contributed by atoms with Crippen LogP contribution in [0.1, 0.15) is 12.5 Å². The summed E-state index contributed by atoms with van der Waals surface area (Å²) >= 11 is 0. The van der Waals surface area contributed by atoms with Crippen LogP contribution in [0.25, 0.3) is 0 Å². The van der Waals surface area contributed by atoms with Gasteiger partial charge in [0.05, 0.1) is 0 Å². The molecule has 1 aromatic carbocycles. The average Bonchev–Trinajstić information content (AvgIpc) is 2.27. The molecule has 0 fully saturated rings. The van der Waals surface area contributed by atoms with E-state index in [1.165, 1.54) is 6.92 Å². The van der Waals surface area contributed by atoms with Crippen molar-refractivity contribution in [3.05, 3.63) is 35.9 Å². The van der Waals surface area contributed by atoms with E-state index in [1.807, 2.05) is 30.3 Å². The SMILES string of the molecule is CC(NC(=O)OCc1ccccc1)C(=O)O.[Ag]. The molecular formula is C11H13AgNO4. The zero-order chi connectivity index (χ0) is 12.0. The van der Waals surface area contributed by atoms with Gasteiger partial charge in [-0.2, -0.15) is 0 Å². The van der Waals surface area contributed by atoms with E-state index >= 15 is 0 Å². The molecule has 0 aliphatic carbocycles. The second-order valence-corrected chi connectivity index (χ2v) is 3.27. The van der Waals surface area contributed by atoms with Gasteiger partial charge in [0.25, 0.3) is 0 Å². The van der Waals surface area contributed by atoms with Crippen LogP contribution < -0.4 is 5.32 Å². The first kappa shape index (κ1) is 15.7. The molecule has 1 amide bonds. The van der Waals surface area contributed by atoms with Crippen molar-refractivity contribution in [1.29, 1.82) is 0 Å². The van der Waals surface area contributed by atoms with Gasteiger partial charge >= 0.3 is 12.1 Å². The Kier molecular flexibility index (Phi) is 7.29. The maximum absolute atomic E-state index is 11.1. The van der Waals surface area contributed by atoms with Crippen LogP contribution in [-0.4, -0.2) is 23.2 Å². The first-order chi connectivity index (χ1) is 7.59. The van der Waals surface area contributed by atoms with E-state index in [2.05, 4.69) is 5.32 Å². The molecule has 0 aromatic heterocycles. The van der Waals surface area contributed by atoms with E-state index in [-0.39, 0.29) is 29.0 Å². The largest absolute Gasteiger partial charge is 0.480 e. The minimum absolute atomic E-state index is 0. The molecule has 0 saturated heterocycles. The Hall–Kier alpha value is -1.30. The number of ether oxygens (including phenoxy) is 1. The molecule has 0 saturated carbocycles. The Morgan fingerprint density at radius 3 is 2.47 bits per heavy atom. The van der Waals surface area contributed by atoms with Crippen LogP contribution in [0.4, 0.5) is 4.79 Å². The van der Waals surface area contributed by atoms with Gasteiger partial charge in [-0.15, -0.1) is 0 Å². The molecule has 0 aliphatic heterocycles. The summed E-state index contributed by atoms with van der Waals surface area (Å²) in [5, 5.41) is 10.7. The molecule has 1 rings (SSSR count). The van der Waals surface area contributed by atoms with Crippen LogP contribution in [-0.2, 0) is 38.5 Å². The second kappa shape index (κ2) is 7.89. The summed E-state index contributed by atoms with van der Waals surface area (Å²) in [7, 11) is 0. The third-order valence-corrected chi connectivity index (χ3v) is 1.92. The summed E-state index contributed by atoms with van der Waals surface area (Å²) in [6.07, 6.45) is -0.737. The van der Waals surface area contributed by atoms with Crippen LogP contribution in [0.5, 0.6) is 0 Å². The fourth-order valence-corrected chi connectivity index (χ4v) is 1.00. The number of carbonyl (C=O) groups excluding carboxylic acids is 1. The number of carbonyl (C=O) groups is 2. The van der Waals surface area contributed by atoms with E-state index in [0.29, 0.717) is 0 Å². The topological polar surface area (TPSA) is 75.6 Å². The molecule has 17 heavy (non-hydrogen) atoms. The number of aliphatic carboxylic acids is 1. The number of benzene rings is 1. The number of nitrogens with one attached hydrogen (secondary N) is 1. The summed E-state index contributed by atoms with van der Waals surface area (Å²) in [5.74, 6) is -1.10. The molecule has 0 spiro atoms. The molecule has 6 heteroatoms. The number of carboxylic acid groups (broad SMARTS) is 1. The van der Waals surface area contributed by atoms with Crippen molar-refractivity contribution in [2.45, 2.75) is 19.6 Å². The summed E-state index contributed by atoms with van der Waals surface area (Å²) in [6, 6.07) is 8.19. The van der Waals surface area contributed by atoms with E-state index in [9.17, 15) is 9.59 Å². The Balaban J connectivity index is 0.00000256. The average molecular weight is 331 g/mol. The molecule has 1 aromatic rings. The standard InChI is InChI=1S/C11H13NO4.Ag/c1-8(10(13)14)12-11(15)16-7-9-5-3-2-4-6-9;/h2-6,8H,7H2,1H3,(H,12,15)(H,13,14);. The normalized spacial score (nSPS) is 10.9. The molecule has 0 bridgehead atoms. The van der Waals surface area contributed by atoms with E-state index in [1.54, 1.807) is 0 Å². The van der Waals surface area contributed by atoms with Gasteiger partial charge in [0.15, 0.2) is 0 Å². The summed E-state index contributed by atoms with van der Waals surface area (Å²) in [4.78, 5) is 21.6. The Labute approximate surface area is 115 Å². The predicted octanol–water partition coefficient (Wildman–Crippen LogP) is 1.38. The van der Waals surface area contributed by atoms with Gasteiger partial charge in [0, 0.05) is 22.4 Å². The van der Waals surface area contributed by atoms with Crippen LogP contribution in [0.2, 0.25) is 0 Å². The van der Waals surface area contributed by atoms with Crippen molar-refractivity contribution in [1.82, 2.24) is 5.32 Å². The number of rotatable bonds is 4. The van der Waals surface area contributed by atoms with E-state index in [0.717, 1.165) is 5.56 Å². The van der Waals surface area contributed by atoms with Crippen LogP contribution in [0.15, 0.2) is 30.3 Å². The molecule has 97 valence electrons. The maximum Gasteiger partial charge on any atom is 0.408 e. The first-order valence-corrected chi connectivity index (χ1v) is 4.79. The van der Waals surface area contributed by atoms with E-state index in [4.69, 9.17) is 9.84 Å². The third kappa shape index (κ3) is 6.11. The zero-order valence-corrected chi connectivity index (χ0v) is 10.6. The zero-order valence-electron chi connectivity index (χ0n) is 9.14. The Bertz CT molecular complexity index is 369. The van der Waals surface area contributed by atoms with Gasteiger partial charge in [-0.1, -0.05) is 30.3 Å². The minimum atomic E-state index is -1.10. The monoisotopic (exact) mass is 330 g/mol. The van der Waals surface area contributed by atoms with Crippen LogP contribution in [0, 0.1) is 0 Å². The molecule has 0 heterocycles. The minimum Gasteiger partial charge on any atom is -0.480 e. The Morgan fingerprint density at radius 2 is 1.94 bits per heavy atom. The molecule has 1 radical (unpaired) electrons. The van der Waals surface area contributed by atoms with Crippen molar-refractivity contribution < 1.29 is 41.8 Å². The van der Waals surface area contributed by atoms with Gasteiger partial charge in [-0.05, 0) is 12.5 Å². The maximum atomic E-state index is 11.1. The van der Waals surface area contributed by atoms with Gasteiger partial charge in [-0.3, -0.25) is 4.79 Å². The molecule has 1 unspecified atom stereocenters. The van der Waals surface area contributed by atoms with Crippen molar-refractivity contribution in [3.8, 4) is 0 Å². The van der Waals surface area contributed by atoms with Gasteiger partial charge in [0.1, 0.15) is 12.6 Å². The van der Waals surface area contributed by atoms with Gasteiger partial charge in [-0.25, -0.2) is 4.79 Å². The van der Waals surface area contributed by atoms with Crippen molar-refractivity contribution in [2.24, 2.45) is 0 Å². The van der Waals surface area contributed by atoms with Crippen LogP contribution in [0.3, 0.4) is 0 Å². The number of alkyl carbamates (subject to hydrolysis) is 1. The van der Waals surface area contributed by atoms with Crippen molar-refractivity contribution in [3.63, 3.8) is 0 Å². The number of carboxylic acids is 1. The number of amides is 1. The summed E-state index contributed by atoms with van der Waals surface area (Å²) in [6.45, 7) is 1.49. The Morgan fingerprint density at radius 1 is 1.35 bits per heavy atom. The fraction of sp³-hybridized carbons (Fsp3) is 0.273. The summed E-state index contributed by atoms with van der Waals surface area (Å²) < 4.78 is 4.84. The first-order valence-electron chi connectivity index (χ1n) is 4.79. The van der Waals surface area contributed by atoms with Crippen LogP contribution >= 0.6 is 0 Å². The van der Waals surface area contributed by atoms with Gasteiger partial charge < -0.3 is 15.2 Å². The predicted molar refractivity (Wildman–Crippen MR) is 56.9 cm³/mol. The third-order valence-electron chi connectivity index (χ3n) is 1.92. The molecule has 5 nitrogen and oxygen atoms in total. The summed E-state index contributed by atoms with van der Waals surface area (Å²) in [5.41, 5.74) is 0.848. The fourth-order valence-electron chi connectivity index (χ4n) is 1.00. The second-order valence-electron chi connectivity index (χ2n) is 3.27. The number of hydrogen-bond acceptors (Lipinski definition) is 3. The quantitative estimate of drug-likeness (QED) is 0.818.